The Bertz CT molecular complexity index is 665. The van der Waals surface area contributed by atoms with E-state index in [1.807, 2.05) is 12.1 Å². The summed E-state index contributed by atoms with van der Waals surface area (Å²) in [6, 6.07) is 7.29. The van der Waals surface area contributed by atoms with Crippen LogP contribution in [-0.4, -0.2) is 16.6 Å². The molecule has 4 nitrogen and oxygen atoms in total. The fourth-order valence-corrected chi connectivity index (χ4v) is 2.10. The lowest BCUT2D eigenvalue weighted by Gasteiger charge is -1.97. The van der Waals surface area contributed by atoms with Crippen LogP contribution in [0.3, 0.4) is 0 Å². The minimum absolute atomic E-state index is 0.0116. The van der Waals surface area contributed by atoms with Crippen LogP contribution in [-0.2, 0) is 0 Å². The van der Waals surface area contributed by atoms with Crippen LogP contribution in [0.25, 0.3) is 11.5 Å². The van der Waals surface area contributed by atoms with E-state index in [9.17, 15) is 9.59 Å². The number of aromatic nitrogens is 1. The van der Waals surface area contributed by atoms with Crippen LogP contribution in [0.1, 0.15) is 21.0 Å². The molecule has 0 unspecified atom stereocenters. The molecule has 0 radical (unpaired) electrons. The highest BCUT2D eigenvalue weighted by Crippen LogP contribution is 2.26. The number of benzene rings is 1. The summed E-state index contributed by atoms with van der Waals surface area (Å²) in [5.41, 5.74) is 0.789. The first-order valence-corrected chi connectivity index (χ1v) is 5.98. The summed E-state index contributed by atoms with van der Waals surface area (Å²) in [4.78, 5) is 27.2. The van der Waals surface area contributed by atoms with Crippen molar-refractivity contribution >= 4 is 27.5 Å². The van der Waals surface area contributed by atoms with Crippen LogP contribution in [0.15, 0.2) is 45.3 Å². The van der Waals surface area contributed by atoms with Gasteiger partial charge >= 0.3 is 0 Å². The Morgan fingerprint density at radius 3 is 2.61 bits per heavy atom. The number of hydrogen-bond acceptors (Lipinski definition) is 4. The molecule has 5 heteroatoms. The molecule has 0 saturated carbocycles. The zero-order valence-corrected chi connectivity index (χ0v) is 10.6. The van der Waals surface area contributed by atoms with E-state index >= 15 is 0 Å². The number of rotatable bonds is 1. The standard InChI is InChI=1S/C13H6BrNO3/c14-8-3-1-2-7(6-8)13-15-11-9(16)4-5-10(17)12(11)18-13/h1-6H. The molecule has 1 aromatic heterocycles. The lowest BCUT2D eigenvalue weighted by Crippen LogP contribution is -2.09. The van der Waals surface area contributed by atoms with Crippen molar-refractivity contribution in [2.24, 2.45) is 0 Å². The van der Waals surface area contributed by atoms with Gasteiger partial charge in [-0.2, -0.15) is 0 Å². The minimum atomic E-state index is -0.335. The number of carbonyl (C=O) groups is 2. The smallest absolute Gasteiger partial charge is 0.227 e. The Balaban J connectivity index is 2.14. The largest absolute Gasteiger partial charge is 0.432 e. The van der Waals surface area contributed by atoms with Gasteiger partial charge in [0.2, 0.25) is 23.2 Å². The van der Waals surface area contributed by atoms with E-state index < -0.39 is 0 Å². The molecule has 0 saturated heterocycles. The van der Waals surface area contributed by atoms with Crippen molar-refractivity contribution in [3.63, 3.8) is 0 Å². The van der Waals surface area contributed by atoms with Crippen LogP contribution >= 0.6 is 15.9 Å². The molecule has 88 valence electrons. The van der Waals surface area contributed by atoms with Crippen LogP contribution in [0.2, 0.25) is 0 Å². The first kappa shape index (κ1) is 11.1. The van der Waals surface area contributed by atoms with Gasteiger partial charge in [-0.25, -0.2) is 4.98 Å². The Morgan fingerprint density at radius 2 is 1.89 bits per heavy atom. The van der Waals surface area contributed by atoms with Crippen molar-refractivity contribution in [2.75, 3.05) is 0 Å². The second kappa shape index (κ2) is 4.03. The van der Waals surface area contributed by atoms with Crippen LogP contribution in [0.5, 0.6) is 0 Å². The highest BCUT2D eigenvalue weighted by Gasteiger charge is 2.26. The average molecular weight is 304 g/mol. The summed E-state index contributed by atoms with van der Waals surface area (Å²) in [6.07, 6.45) is 2.40. The quantitative estimate of drug-likeness (QED) is 0.812. The third-order valence-corrected chi connectivity index (χ3v) is 3.04. The lowest BCUT2D eigenvalue weighted by molar-refractivity contribution is 0.0974. The first-order valence-electron chi connectivity index (χ1n) is 5.18. The number of halogens is 1. The monoisotopic (exact) mass is 303 g/mol. The third-order valence-electron chi connectivity index (χ3n) is 2.54. The molecule has 0 N–H and O–H groups in total. The number of fused-ring (bicyclic) bond motifs is 1. The predicted molar refractivity (Wildman–Crippen MR) is 67.4 cm³/mol. The van der Waals surface area contributed by atoms with E-state index in [0.29, 0.717) is 5.56 Å². The molecule has 1 aromatic carbocycles. The number of ketones is 2. The number of nitrogens with zero attached hydrogens (tertiary/aromatic N) is 1. The zero-order chi connectivity index (χ0) is 12.7. The molecular weight excluding hydrogens is 298 g/mol. The van der Waals surface area contributed by atoms with Crippen molar-refractivity contribution in [3.8, 4) is 11.5 Å². The molecule has 0 bridgehead atoms. The molecular formula is C13H6BrNO3. The second-order valence-corrected chi connectivity index (χ2v) is 4.68. The number of carbonyl (C=O) groups excluding carboxylic acids is 2. The van der Waals surface area contributed by atoms with E-state index in [1.165, 1.54) is 12.2 Å². The number of hydrogen-bond donors (Lipinski definition) is 0. The maximum atomic E-state index is 11.6. The van der Waals surface area contributed by atoms with Gasteiger partial charge < -0.3 is 4.42 Å². The predicted octanol–water partition coefficient (Wildman–Crippen LogP) is 3.04. The summed E-state index contributed by atoms with van der Waals surface area (Å²) < 4.78 is 6.24. The first-order chi connectivity index (χ1) is 8.65. The summed E-state index contributed by atoms with van der Waals surface area (Å²) in [6.45, 7) is 0. The summed E-state index contributed by atoms with van der Waals surface area (Å²) >= 11 is 3.34. The number of allylic oxidation sites excluding steroid dienone is 2. The highest BCUT2D eigenvalue weighted by atomic mass is 79.9. The SMILES string of the molecule is O=C1C=CC(=O)c2oc(-c3cccc(Br)c3)nc21. The van der Waals surface area contributed by atoms with Crippen molar-refractivity contribution < 1.29 is 14.0 Å². The molecule has 0 amide bonds. The normalized spacial score (nSPS) is 13.8. The minimum Gasteiger partial charge on any atom is -0.432 e. The van der Waals surface area contributed by atoms with Crippen molar-refractivity contribution in [1.82, 2.24) is 4.98 Å². The van der Waals surface area contributed by atoms with Gasteiger partial charge in [0.1, 0.15) is 0 Å². The Hall–Kier alpha value is -2.01. The van der Waals surface area contributed by atoms with Gasteiger partial charge in [-0.05, 0) is 30.4 Å². The van der Waals surface area contributed by atoms with Gasteiger partial charge in [0.25, 0.3) is 0 Å². The van der Waals surface area contributed by atoms with Crippen molar-refractivity contribution in [3.05, 3.63) is 52.3 Å². The topological polar surface area (TPSA) is 60.2 Å². The van der Waals surface area contributed by atoms with Gasteiger partial charge in [-0.1, -0.05) is 22.0 Å². The van der Waals surface area contributed by atoms with Crippen LogP contribution in [0, 0.1) is 0 Å². The Kier molecular flexibility index (Phi) is 2.48. The van der Waals surface area contributed by atoms with Gasteiger partial charge in [0.15, 0.2) is 5.69 Å². The molecule has 1 aliphatic rings. The van der Waals surface area contributed by atoms with Gasteiger partial charge in [0, 0.05) is 10.0 Å². The molecule has 0 spiro atoms. The third kappa shape index (κ3) is 1.73. The summed E-state index contributed by atoms with van der Waals surface area (Å²) in [7, 11) is 0. The lowest BCUT2D eigenvalue weighted by atomic mass is 10.1. The summed E-state index contributed by atoms with van der Waals surface area (Å²) in [5.74, 6) is -0.364. The maximum absolute atomic E-state index is 11.6. The van der Waals surface area contributed by atoms with Gasteiger partial charge in [-0.15, -0.1) is 0 Å². The molecule has 0 aliphatic heterocycles. The van der Waals surface area contributed by atoms with Gasteiger partial charge in [0.05, 0.1) is 0 Å². The molecule has 1 heterocycles. The van der Waals surface area contributed by atoms with E-state index in [2.05, 4.69) is 20.9 Å². The molecule has 1 aliphatic carbocycles. The molecule has 3 rings (SSSR count). The highest BCUT2D eigenvalue weighted by molar-refractivity contribution is 9.10. The van der Waals surface area contributed by atoms with Crippen molar-refractivity contribution in [2.45, 2.75) is 0 Å². The van der Waals surface area contributed by atoms with Crippen LogP contribution < -0.4 is 0 Å². The van der Waals surface area contributed by atoms with Gasteiger partial charge in [-0.3, -0.25) is 9.59 Å². The van der Waals surface area contributed by atoms with Crippen LogP contribution in [0.4, 0.5) is 0 Å². The zero-order valence-electron chi connectivity index (χ0n) is 9.01. The van der Waals surface area contributed by atoms with Crippen molar-refractivity contribution in [1.29, 1.82) is 0 Å². The fourth-order valence-electron chi connectivity index (χ4n) is 1.71. The summed E-state index contributed by atoms with van der Waals surface area (Å²) in [5, 5.41) is 0. The Morgan fingerprint density at radius 1 is 1.11 bits per heavy atom. The molecule has 0 fully saturated rings. The molecule has 0 atom stereocenters. The maximum Gasteiger partial charge on any atom is 0.227 e. The van der Waals surface area contributed by atoms with E-state index in [1.54, 1.807) is 12.1 Å². The fraction of sp³-hybridized carbons (Fsp3) is 0. The molecule has 18 heavy (non-hydrogen) atoms. The van der Waals surface area contributed by atoms with E-state index in [-0.39, 0.29) is 28.9 Å². The van der Waals surface area contributed by atoms with E-state index in [0.717, 1.165) is 4.47 Å². The second-order valence-electron chi connectivity index (χ2n) is 3.77. The molecule has 2 aromatic rings. The van der Waals surface area contributed by atoms with E-state index in [4.69, 9.17) is 4.42 Å². The number of oxazole rings is 1. The average Bonchev–Trinajstić information content (AvgIpc) is 2.80. The Labute approximate surface area is 110 Å².